The number of hydrogen-bond donors (Lipinski definition) is 1. The van der Waals surface area contributed by atoms with Crippen molar-refractivity contribution in [2.75, 3.05) is 13.1 Å². The number of carbonyl (C=O) groups excluding carboxylic acids is 1. The van der Waals surface area contributed by atoms with Gasteiger partial charge in [0.2, 0.25) is 0 Å². The van der Waals surface area contributed by atoms with Crippen LogP contribution >= 0.6 is 46.0 Å². The van der Waals surface area contributed by atoms with Gasteiger partial charge in [0.05, 0.1) is 17.6 Å². The van der Waals surface area contributed by atoms with Gasteiger partial charge in [-0.25, -0.2) is 0 Å². The number of halogens is 1. The predicted molar refractivity (Wildman–Crippen MR) is 103 cm³/mol. The Morgan fingerprint density at radius 3 is 2.58 bits per heavy atom. The number of hydrogen-bond acceptors (Lipinski definition) is 5. The lowest BCUT2D eigenvalue weighted by Crippen LogP contribution is -2.62. The first-order valence-corrected chi connectivity index (χ1v) is 11.0. The number of fused-ring (bicyclic) bond motifs is 3. The summed E-state index contributed by atoms with van der Waals surface area (Å²) in [4.78, 5) is 16.0. The van der Waals surface area contributed by atoms with Gasteiger partial charge in [-0.2, -0.15) is 0 Å². The molecule has 3 fully saturated rings. The lowest BCUT2D eigenvalue weighted by Gasteiger charge is -2.49. The third-order valence-corrected chi connectivity index (χ3v) is 8.61. The van der Waals surface area contributed by atoms with Crippen molar-refractivity contribution in [3.63, 3.8) is 0 Å². The Labute approximate surface area is 159 Å². The Morgan fingerprint density at radius 2 is 1.92 bits per heavy atom. The van der Waals surface area contributed by atoms with E-state index in [0.29, 0.717) is 12.0 Å². The summed E-state index contributed by atoms with van der Waals surface area (Å²) in [5.41, 5.74) is 0. The molecule has 3 aliphatic heterocycles. The minimum atomic E-state index is 0.0710. The first-order chi connectivity index (χ1) is 11.6. The van der Waals surface area contributed by atoms with Crippen LogP contribution in [-0.4, -0.2) is 36.0 Å². The SMILES string of the molecule is CC1C(NC(=O)c2ccc(Sc3ccc(Cl)s3)s2)C2CCN1CC2. The molecule has 2 unspecified atom stereocenters. The van der Waals surface area contributed by atoms with E-state index in [1.165, 1.54) is 25.9 Å². The smallest absolute Gasteiger partial charge is 0.261 e. The number of carbonyl (C=O) groups is 1. The highest BCUT2D eigenvalue weighted by Gasteiger charge is 2.40. The second kappa shape index (κ2) is 7.00. The van der Waals surface area contributed by atoms with Crippen molar-refractivity contribution in [2.45, 2.75) is 40.3 Å². The molecule has 5 heterocycles. The predicted octanol–water partition coefficient (Wildman–Crippen LogP) is 4.83. The molecule has 5 rings (SSSR count). The van der Waals surface area contributed by atoms with Gasteiger partial charge in [0, 0.05) is 12.1 Å². The number of nitrogens with one attached hydrogen (secondary N) is 1. The second-order valence-corrected chi connectivity index (χ2v) is 10.8. The molecule has 0 aromatic carbocycles. The molecule has 3 aliphatic rings. The second-order valence-electron chi connectivity index (χ2n) is 6.39. The molecule has 1 amide bonds. The van der Waals surface area contributed by atoms with Crippen LogP contribution in [0.2, 0.25) is 4.34 Å². The largest absolute Gasteiger partial charge is 0.347 e. The molecule has 0 aliphatic carbocycles. The third kappa shape index (κ3) is 3.40. The van der Waals surface area contributed by atoms with E-state index in [9.17, 15) is 4.79 Å². The van der Waals surface area contributed by atoms with Crippen LogP contribution in [0, 0.1) is 5.92 Å². The normalized spacial score (nSPS) is 28.9. The number of nitrogens with zero attached hydrogens (tertiary/aromatic N) is 1. The molecule has 2 aromatic rings. The zero-order valence-electron chi connectivity index (χ0n) is 13.3. The van der Waals surface area contributed by atoms with E-state index in [1.807, 2.05) is 24.3 Å². The first-order valence-electron chi connectivity index (χ1n) is 8.18. The van der Waals surface area contributed by atoms with Crippen molar-refractivity contribution >= 4 is 51.9 Å². The van der Waals surface area contributed by atoms with Crippen LogP contribution in [0.5, 0.6) is 0 Å². The molecule has 3 saturated heterocycles. The average Bonchev–Trinajstić information content (AvgIpc) is 3.21. The van der Waals surface area contributed by atoms with Gasteiger partial charge in [-0.05, 0) is 63.0 Å². The zero-order chi connectivity index (χ0) is 16.7. The molecule has 2 atom stereocenters. The minimum absolute atomic E-state index is 0.0710. The highest BCUT2D eigenvalue weighted by Crippen LogP contribution is 2.39. The van der Waals surface area contributed by atoms with E-state index in [2.05, 4.69) is 17.1 Å². The van der Waals surface area contributed by atoms with Gasteiger partial charge in [-0.15, -0.1) is 22.7 Å². The fourth-order valence-corrected chi connectivity index (χ4v) is 7.31. The monoisotopic (exact) mass is 398 g/mol. The lowest BCUT2D eigenvalue weighted by molar-refractivity contribution is 0.0218. The molecule has 3 nitrogen and oxygen atoms in total. The summed E-state index contributed by atoms with van der Waals surface area (Å²) in [5, 5.41) is 3.30. The number of amides is 1. The molecule has 1 N–H and O–H groups in total. The van der Waals surface area contributed by atoms with Crippen LogP contribution in [-0.2, 0) is 0 Å². The Hall–Kier alpha value is -0.530. The Balaban J connectivity index is 1.41. The maximum atomic E-state index is 12.7. The van der Waals surface area contributed by atoms with E-state index in [4.69, 9.17) is 11.6 Å². The van der Waals surface area contributed by atoms with Gasteiger partial charge in [-0.1, -0.05) is 23.4 Å². The number of thiophene rings is 2. The van der Waals surface area contributed by atoms with Crippen LogP contribution in [0.15, 0.2) is 32.7 Å². The van der Waals surface area contributed by atoms with Crippen molar-refractivity contribution in [2.24, 2.45) is 5.92 Å². The van der Waals surface area contributed by atoms with Crippen molar-refractivity contribution in [3.05, 3.63) is 33.5 Å². The fourth-order valence-electron chi connectivity index (χ4n) is 3.72. The van der Waals surface area contributed by atoms with Gasteiger partial charge in [-0.3, -0.25) is 9.69 Å². The molecule has 128 valence electrons. The van der Waals surface area contributed by atoms with E-state index < -0.39 is 0 Å². The molecule has 0 radical (unpaired) electrons. The molecule has 2 bridgehead atoms. The van der Waals surface area contributed by atoms with Crippen molar-refractivity contribution < 1.29 is 4.79 Å². The Kier molecular flexibility index (Phi) is 4.93. The van der Waals surface area contributed by atoms with E-state index in [-0.39, 0.29) is 11.9 Å². The van der Waals surface area contributed by atoms with E-state index in [1.54, 1.807) is 34.4 Å². The quantitative estimate of drug-likeness (QED) is 0.800. The molecule has 24 heavy (non-hydrogen) atoms. The van der Waals surface area contributed by atoms with Gasteiger partial charge in [0.1, 0.15) is 0 Å². The average molecular weight is 399 g/mol. The lowest BCUT2D eigenvalue weighted by atomic mass is 9.79. The highest BCUT2D eigenvalue weighted by atomic mass is 35.5. The zero-order valence-corrected chi connectivity index (χ0v) is 16.5. The van der Waals surface area contributed by atoms with Gasteiger partial charge in [0.25, 0.3) is 5.91 Å². The summed E-state index contributed by atoms with van der Waals surface area (Å²) < 4.78 is 3.07. The molecule has 2 aromatic heterocycles. The minimum Gasteiger partial charge on any atom is -0.347 e. The van der Waals surface area contributed by atoms with Crippen molar-refractivity contribution in [3.8, 4) is 0 Å². The molecule has 7 heteroatoms. The fraction of sp³-hybridized carbons (Fsp3) is 0.471. The number of rotatable bonds is 4. The molecular weight excluding hydrogens is 380 g/mol. The first kappa shape index (κ1) is 16.9. The highest BCUT2D eigenvalue weighted by molar-refractivity contribution is 8.03. The topological polar surface area (TPSA) is 32.3 Å². The van der Waals surface area contributed by atoms with Crippen molar-refractivity contribution in [1.82, 2.24) is 10.2 Å². The van der Waals surface area contributed by atoms with Gasteiger partial charge in [0.15, 0.2) is 0 Å². The summed E-state index contributed by atoms with van der Waals surface area (Å²) in [6, 6.07) is 8.62. The maximum absolute atomic E-state index is 12.7. The van der Waals surface area contributed by atoms with E-state index in [0.717, 1.165) is 17.6 Å². The van der Waals surface area contributed by atoms with Crippen LogP contribution in [0.4, 0.5) is 0 Å². The van der Waals surface area contributed by atoms with Gasteiger partial charge < -0.3 is 5.32 Å². The molecule has 0 spiro atoms. The van der Waals surface area contributed by atoms with Crippen LogP contribution in [0.3, 0.4) is 0 Å². The molecule has 0 saturated carbocycles. The summed E-state index contributed by atoms with van der Waals surface area (Å²) in [7, 11) is 0. The van der Waals surface area contributed by atoms with Gasteiger partial charge >= 0.3 is 0 Å². The maximum Gasteiger partial charge on any atom is 0.261 e. The number of piperidine rings is 3. The summed E-state index contributed by atoms with van der Waals surface area (Å²) in [6.45, 7) is 4.61. The molecular formula is C17H19ClN2OS3. The summed E-state index contributed by atoms with van der Waals surface area (Å²) in [6.07, 6.45) is 2.42. The van der Waals surface area contributed by atoms with Crippen LogP contribution < -0.4 is 5.32 Å². The van der Waals surface area contributed by atoms with E-state index >= 15 is 0 Å². The van der Waals surface area contributed by atoms with Crippen molar-refractivity contribution in [1.29, 1.82) is 0 Å². The Bertz CT molecular complexity index is 734. The standard InChI is InChI=1S/C17H19ClN2OS3/c1-10-16(11-6-8-20(10)9-7-11)19-17(21)12-2-4-14(22-12)24-15-5-3-13(18)23-15/h2-5,10-11,16H,6-9H2,1H3,(H,19,21). The van der Waals surface area contributed by atoms with Crippen LogP contribution in [0.25, 0.3) is 0 Å². The van der Waals surface area contributed by atoms with Crippen LogP contribution in [0.1, 0.15) is 29.4 Å². The Morgan fingerprint density at radius 1 is 1.21 bits per heavy atom. The summed E-state index contributed by atoms with van der Waals surface area (Å²) in [5.74, 6) is 0.706. The third-order valence-electron chi connectivity index (χ3n) is 5.03. The summed E-state index contributed by atoms with van der Waals surface area (Å²) >= 11 is 10.8.